The highest BCUT2D eigenvalue weighted by Gasteiger charge is 2.18. The summed E-state index contributed by atoms with van der Waals surface area (Å²) in [6.45, 7) is 5.55. The third-order valence-corrected chi connectivity index (χ3v) is 3.39. The molecular weight excluding hydrogens is 304 g/mol. The van der Waals surface area contributed by atoms with Gasteiger partial charge in [0.25, 0.3) is 0 Å². The van der Waals surface area contributed by atoms with E-state index in [0.717, 1.165) is 16.7 Å². The Bertz CT molecular complexity index is 724. The van der Waals surface area contributed by atoms with Crippen molar-refractivity contribution in [2.75, 3.05) is 7.11 Å². The number of methoxy groups -OCH3 is 1. The molecule has 0 amide bonds. The van der Waals surface area contributed by atoms with E-state index >= 15 is 0 Å². The van der Waals surface area contributed by atoms with Crippen LogP contribution in [0.1, 0.15) is 36.7 Å². The van der Waals surface area contributed by atoms with Gasteiger partial charge in [0.15, 0.2) is 0 Å². The van der Waals surface area contributed by atoms with Crippen LogP contribution in [0.2, 0.25) is 0 Å². The lowest BCUT2D eigenvalue weighted by molar-refractivity contribution is -0.153. The minimum atomic E-state index is -0.506. The summed E-state index contributed by atoms with van der Waals surface area (Å²) in [6, 6.07) is 14.8. The molecule has 2 rings (SSSR count). The van der Waals surface area contributed by atoms with E-state index in [9.17, 15) is 9.59 Å². The lowest BCUT2D eigenvalue weighted by Gasteiger charge is -2.20. The zero-order valence-electron chi connectivity index (χ0n) is 14.5. The van der Waals surface area contributed by atoms with Crippen molar-refractivity contribution in [1.29, 1.82) is 0 Å². The maximum absolute atomic E-state index is 12.1. The molecule has 0 aromatic heterocycles. The quantitative estimate of drug-likeness (QED) is 0.796. The van der Waals surface area contributed by atoms with E-state index in [4.69, 9.17) is 9.47 Å². The summed E-state index contributed by atoms with van der Waals surface area (Å²) in [4.78, 5) is 23.6. The molecule has 0 fully saturated rings. The van der Waals surface area contributed by atoms with E-state index in [0.29, 0.717) is 5.56 Å². The van der Waals surface area contributed by atoms with Crippen molar-refractivity contribution >= 4 is 11.9 Å². The van der Waals surface area contributed by atoms with E-state index in [-0.39, 0.29) is 18.4 Å². The van der Waals surface area contributed by atoms with Gasteiger partial charge in [0.2, 0.25) is 0 Å². The van der Waals surface area contributed by atoms with Gasteiger partial charge in [-0.15, -0.1) is 0 Å². The number of hydrogen-bond acceptors (Lipinski definition) is 4. The number of hydrogen-bond donors (Lipinski definition) is 0. The average molecular weight is 326 g/mol. The highest BCUT2D eigenvalue weighted by Crippen LogP contribution is 2.25. The SMILES string of the molecule is COC(=O)c1ccc(-c2ccccc2CC(=O)OC(C)(C)C)cc1. The number of carbonyl (C=O) groups is 2. The second-order valence-electron chi connectivity index (χ2n) is 6.49. The molecule has 2 aromatic carbocycles. The topological polar surface area (TPSA) is 52.6 Å². The van der Waals surface area contributed by atoms with Crippen LogP contribution in [0.4, 0.5) is 0 Å². The summed E-state index contributed by atoms with van der Waals surface area (Å²) in [5, 5.41) is 0. The minimum absolute atomic E-state index is 0.201. The summed E-state index contributed by atoms with van der Waals surface area (Å²) >= 11 is 0. The number of esters is 2. The molecule has 4 heteroatoms. The average Bonchev–Trinajstić information content (AvgIpc) is 2.53. The van der Waals surface area contributed by atoms with Crippen LogP contribution >= 0.6 is 0 Å². The standard InChI is InChI=1S/C20H22O4/c1-20(2,3)24-18(21)13-16-7-5-6-8-17(16)14-9-11-15(12-10-14)19(22)23-4/h5-12H,13H2,1-4H3. The molecule has 126 valence electrons. The number of carbonyl (C=O) groups excluding carboxylic acids is 2. The van der Waals surface area contributed by atoms with Gasteiger partial charge in [-0.2, -0.15) is 0 Å². The van der Waals surface area contributed by atoms with E-state index in [1.165, 1.54) is 7.11 Å². The molecule has 0 radical (unpaired) electrons. The highest BCUT2D eigenvalue weighted by molar-refractivity contribution is 5.90. The molecule has 0 aliphatic heterocycles. The van der Waals surface area contributed by atoms with Gasteiger partial charge in [-0.3, -0.25) is 4.79 Å². The van der Waals surface area contributed by atoms with Crippen LogP contribution < -0.4 is 0 Å². The van der Waals surface area contributed by atoms with Gasteiger partial charge >= 0.3 is 11.9 Å². The summed E-state index contributed by atoms with van der Waals surface area (Å²) in [6.07, 6.45) is 0.201. The van der Waals surface area contributed by atoms with Crippen molar-refractivity contribution < 1.29 is 19.1 Å². The first-order valence-electron chi connectivity index (χ1n) is 7.78. The second kappa shape index (κ2) is 7.30. The van der Waals surface area contributed by atoms with Crippen LogP contribution in [0, 0.1) is 0 Å². The maximum atomic E-state index is 12.1. The second-order valence-corrected chi connectivity index (χ2v) is 6.49. The monoisotopic (exact) mass is 326 g/mol. The van der Waals surface area contributed by atoms with Crippen LogP contribution in [-0.4, -0.2) is 24.6 Å². The Kier molecular flexibility index (Phi) is 5.39. The van der Waals surface area contributed by atoms with Crippen molar-refractivity contribution in [2.45, 2.75) is 32.8 Å². The van der Waals surface area contributed by atoms with Gasteiger partial charge in [-0.05, 0) is 49.6 Å². The van der Waals surface area contributed by atoms with Crippen molar-refractivity contribution in [3.63, 3.8) is 0 Å². The van der Waals surface area contributed by atoms with E-state index in [2.05, 4.69) is 0 Å². The summed E-state index contributed by atoms with van der Waals surface area (Å²) in [7, 11) is 1.35. The van der Waals surface area contributed by atoms with Crippen molar-refractivity contribution in [3.05, 3.63) is 59.7 Å². The van der Waals surface area contributed by atoms with Gasteiger partial charge in [-0.25, -0.2) is 4.79 Å². The fourth-order valence-corrected chi connectivity index (χ4v) is 2.39. The van der Waals surface area contributed by atoms with Crippen LogP contribution in [0.5, 0.6) is 0 Å². The highest BCUT2D eigenvalue weighted by atomic mass is 16.6. The molecule has 0 aliphatic rings. The Morgan fingerprint density at radius 2 is 1.58 bits per heavy atom. The molecule has 0 aliphatic carbocycles. The molecule has 24 heavy (non-hydrogen) atoms. The van der Waals surface area contributed by atoms with Crippen LogP contribution in [-0.2, 0) is 20.7 Å². The molecule has 0 spiro atoms. The Morgan fingerprint density at radius 1 is 0.958 bits per heavy atom. The first-order chi connectivity index (χ1) is 11.3. The number of benzene rings is 2. The fraction of sp³-hybridized carbons (Fsp3) is 0.300. The molecule has 0 saturated heterocycles. The molecule has 0 unspecified atom stereocenters. The van der Waals surface area contributed by atoms with Gasteiger partial charge < -0.3 is 9.47 Å². The Hall–Kier alpha value is -2.62. The summed E-state index contributed by atoms with van der Waals surface area (Å²) in [5.41, 5.74) is 2.75. The van der Waals surface area contributed by atoms with E-state index in [1.807, 2.05) is 57.2 Å². The predicted molar refractivity (Wildman–Crippen MR) is 92.8 cm³/mol. The molecule has 0 saturated carbocycles. The zero-order valence-corrected chi connectivity index (χ0v) is 14.5. The normalized spacial score (nSPS) is 11.0. The van der Waals surface area contributed by atoms with E-state index < -0.39 is 5.60 Å². The molecule has 0 heterocycles. The predicted octanol–water partition coefficient (Wildman–Crippen LogP) is 4.02. The summed E-state index contributed by atoms with van der Waals surface area (Å²) < 4.78 is 10.1. The number of ether oxygens (including phenoxy) is 2. The third-order valence-electron chi connectivity index (χ3n) is 3.39. The molecule has 4 nitrogen and oxygen atoms in total. The van der Waals surface area contributed by atoms with Gasteiger partial charge in [0, 0.05) is 0 Å². The maximum Gasteiger partial charge on any atom is 0.337 e. The molecule has 0 atom stereocenters. The van der Waals surface area contributed by atoms with Crippen molar-refractivity contribution in [3.8, 4) is 11.1 Å². The Morgan fingerprint density at radius 3 is 2.17 bits per heavy atom. The fourth-order valence-electron chi connectivity index (χ4n) is 2.39. The first kappa shape index (κ1) is 17.7. The third kappa shape index (κ3) is 4.69. The molecular formula is C20H22O4. The lowest BCUT2D eigenvalue weighted by Crippen LogP contribution is -2.25. The Labute approximate surface area is 142 Å². The Balaban J connectivity index is 2.25. The molecule has 0 N–H and O–H groups in total. The summed E-state index contributed by atoms with van der Waals surface area (Å²) in [5.74, 6) is -0.635. The molecule has 2 aromatic rings. The first-order valence-corrected chi connectivity index (χ1v) is 7.78. The van der Waals surface area contributed by atoms with Crippen LogP contribution in [0.15, 0.2) is 48.5 Å². The zero-order chi connectivity index (χ0) is 17.7. The molecule has 0 bridgehead atoms. The van der Waals surface area contributed by atoms with Crippen LogP contribution in [0.25, 0.3) is 11.1 Å². The smallest absolute Gasteiger partial charge is 0.337 e. The van der Waals surface area contributed by atoms with E-state index in [1.54, 1.807) is 12.1 Å². The van der Waals surface area contributed by atoms with Crippen LogP contribution in [0.3, 0.4) is 0 Å². The van der Waals surface area contributed by atoms with Gasteiger partial charge in [-0.1, -0.05) is 36.4 Å². The van der Waals surface area contributed by atoms with Gasteiger partial charge in [0.1, 0.15) is 5.60 Å². The number of rotatable bonds is 4. The van der Waals surface area contributed by atoms with Crippen molar-refractivity contribution in [1.82, 2.24) is 0 Å². The largest absolute Gasteiger partial charge is 0.465 e. The minimum Gasteiger partial charge on any atom is -0.465 e. The van der Waals surface area contributed by atoms with Crippen molar-refractivity contribution in [2.24, 2.45) is 0 Å². The van der Waals surface area contributed by atoms with Gasteiger partial charge in [0.05, 0.1) is 19.1 Å². The lowest BCUT2D eigenvalue weighted by atomic mass is 9.97.